The number of nitrogens with one attached hydrogen (secondary N) is 2. The second kappa shape index (κ2) is 6.72. The van der Waals surface area contributed by atoms with E-state index in [-0.39, 0.29) is 5.75 Å². The first-order valence-electron chi connectivity index (χ1n) is 5.79. The molecule has 0 fully saturated rings. The van der Waals surface area contributed by atoms with E-state index < -0.39 is 6.03 Å². The molecule has 0 saturated heterocycles. The molecule has 0 aliphatic rings. The van der Waals surface area contributed by atoms with Gasteiger partial charge in [0.05, 0.1) is 6.21 Å². The van der Waals surface area contributed by atoms with Crippen LogP contribution in [0.2, 0.25) is 0 Å². The molecule has 2 aromatic rings. The predicted octanol–water partition coefficient (Wildman–Crippen LogP) is 3.31. The van der Waals surface area contributed by atoms with Gasteiger partial charge in [0, 0.05) is 15.7 Å². The Bertz CT molecular complexity index is 630. The third-order valence-corrected chi connectivity index (χ3v) is 2.88. The fourth-order valence-corrected chi connectivity index (χ4v) is 1.85. The van der Waals surface area contributed by atoms with Crippen molar-refractivity contribution < 1.29 is 9.90 Å². The molecule has 6 heteroatoms. The van der Waals surface area contributed by atoms with Crippen molar-refractivity contribution >= 4 is 33.9 Å². The number of benzene rings is 2. The number of para-hydroxylation sites is 1. The van der Waals surface area contributed by atoms with Crippen LogP contribution in [0, 0.1) is 0 Å². The van der Waals surface area contributed by atoms with Gasteiger partial charge in [-0.2, -0.15) is 5.10 Å². The van der Waals surface area contributed by atoms with Crippen LogP contribution in [-0.4, -0.2) is 17.4 Å². The molecular weight excluding hydrogens is 322 g/mol. The Kier molecular flexibility index (Phi) is 4.73. The summed E-state index contributed by atoms with van der Waals surface area (Å²) in [6, 6.07) is 13.5. The Morgan fingerprint density at radius 3 is 2.70 bits per heavy atom. The standard InChI is InChI=1S/C14H12BrN3O2/c15-11-6-7-13(19)10(8-11)9-16-18-14(20)17-12-4-2-1-3-5-12/h1-9,19H,(H2,17,18,20)/b16-9+. The zero-order valence-corrected chi connectivity index (χ0v) is 12.0. The number of phenolic OH excluding ortho intramolecular Hbond substituents is 1. The van der Waals surface area contributed by atoms with Gasteiger partial charge in [-0.3, -0.25) is 0 Å². The lowest BCUT2D eigenvalue weighted by Gasteiger charge is -2.03. The molecule has 20 heavy (non-hydrogen) atoms. The van der Waals surface area contributed by atoms with Crippen LogP contribution < -0.4 is 10.7 Å². The molecule has 0 aromatic heterocycles. The van der Waals surface area contributed by atoms with Crippen molar-refractivity contribution in [3.63, 3.8) is 0 Å². The maximum Gasteiger partial charge on any atom is 0.339 e. The first-order chi connectivity index (χ1) is 9.65. The van der Waals surface area contributed by atoms with Gasteiger partial charge in [0.15, 0.2) is 0 Å². The number of anilines is 1. The number of nitrogens with zero attached hydrogens (tertiary/aromatic N) is 1. The first-order valence-corrected chi connectivity index (χ1v) is 6.58. The van der Waals surface area contributed by atoms with Gasteiger partial charge >= 0.3 is 6.03 Å². The lowest BCUT2D eigenvalue weighted by Crippen LogP contribution is -2.24. The molecule has 2 aromatic carbocycles. The highest BCUT2D eigenvalue weighted by Crippen LogP contribution is 2.19. The monoisotopic (exact) mass is 333 g/mol. The molecule has 102 valence electrons. The van der Waals surface area contributed by atoms with E-state index >= 15 is 0 Å². The molecule has 5 nitrogen and oxygen atoms in total. The molecule has 0 aliphatic carbocycles. The third-order valence-electron chi connectivity index (χ3n) is 2.39. The summed E-state index contributed by atoms with van der Waals surface area (Å²) in [6.45, 7) is 0. The molecule has 0 unspecified atom stereocenters. The van der Waals surface area contributed by atoms with Crippen molar-refractivity contribution in [3.8, 4) is 5.75 Å². The number of carbonyl (C=O) groups is 1. The Hall–Kier alpha value is -2.34. The van der Waals surface area contributed by atoms with Crippen LogP contribution in [0.25, 0.3) is 0 Å². The van der Waals surface area contributed by atoms with Gasteiger partial charge in [-0.05, 0) is 30.3 Å². The summed E-state index contributed by atoms with van der Waals surface area (Å²) in [7, 11) is 0. The van der Waals surface area contributed by atoms with Crippen LogP contribution in [-0.2, 0) is 0 Å². The topological polar surface area (TPSA) is 73.7 Å². The quantitative estimate of drug-likeness (QED) is 0.595. The van der Waals surface area contributed by atoms with Gasteiger partial charge in [0.2, 0.25) is 0 Å². The summed E-state index contributed by atoms with van der Waals surface area (Å²) in [5.41, 5.74) is 3.49. The average Bonchev–Trinajstić information content (AvgIpc) is 2.44. The van der Waals surface area contributed by atoms with Gasteiger partial charge in [0.25, 0.3) is 0 Å². The van der Waals surface area contributed by atoms with E-state index in [2.05, 4.69) is 31.8 Å². The molecule has 0 radical (unpaired) electrons. The molecule has 0 spiro atoms. The summed E-state index contributed by atoms with van der Waals surface area (Å²) in [4.78, 5) is 11.5. The van der Waals surface area contributed by atoms with Gasteiger partial charge in [-0.15, -0.1) is 0 Å². The Morgan fingerprint density at radius 2 is 1.95 bits per heavy atom. The van der Waals surface area contributed by atoms with E-state index in [1.54, 1.807) is 24.3 Å². The van der Waals surface area contributed by atoms with Crippen molar-refractivity contribution in [2.45, 2.75) is 0 Å². The van der Waals surface area contributed by atoms with Crippen molar-refractivity contribution in [1.29, 1.82) is 0 Å². The number of amides is 2. The summed E-state index contributed by atoms with van der Waals surface area (Å²) < 4.78 is 0.811. The van der Waals surface area contributed by atoms with Crippen molar-refractivity contribution in [2.75, 3.05) is 5.32 Å². The molecule has 2 rings (SSSR count). The highest BCUT2D eigenvalue weighted by atomic mass is 79.9. The van der Waals surface area contributed by atoms with Gasteiger partial charge in [-0.25, -0.2) is 10.2 Å². The lowest BCUT2D eigenvalue weighted by atomic mass is 10.2. The molecule has 0 bridgehead atoms. The number of halogens is 1. The largest absolute Gasteiger partial charge is 0.507 e. The fraction of sp³-hybridized carbons (Fsp3) is 0. The molecule has 3 N–H and O–H groups in total. The summed E-state index contributed by atoms with van der Waals surface area (Å²) in [5.74, 6) is 0.0854. The number of hydrogen-bond donors (Lipinski definition) is 3. The predicted molar refractivity (Wildman–Crippen MR) is 82.0 cm³/mol. The normalized spacial score (nSPS) is 10.4. The zero-order valence-electron chi connectivity index (χ0n) is 10.4. The molecule has 0 atom stereocenters. The maximum absolute atomic E-state index is 11.5. The Labute approximate surface area is 124 Å². The number of hydrogen-bond acceptors (Lipinski definition) is 3. The van der Waals surface area contributed by atoms with Gasteiger partial charge in [-0.1, -0.05) is 34.1 Å². The maximum atomic E-state index is 11.5. The SMILES string of the molecule is O=C(N/N=C/c1cc(Br)ccc1O)Nc1ccccc1. The van der Waals surface area contributed by atoms with Crippen LogP contribution >= 0.6 is 15.9 Å². The van der Waals surface area contributed by atoms with Crippen molar-refractivity contribution in [1.82, 2.24) is 5.43 Å². The highest BCUT2D eigenvalue weighted by Gasteiger charge is 2.00. The van der Waals surface area contributed by atoms with Crippen LogP contribution in [0.5, 0.6) is 5.75 Å². The summed E-state index contributed by atoms with van der Waals surface area (Å²) in [5, 5.41) is 16.0. The number of urea groups is 1. The van der Waals surface area contributed by atoms with Crippen LogP contribution in [0.4, 0.5) is 10.5 Å². The Balaban J connectivity index is 1.93. The number of hydrazone groups is 1. The van der Waals surface area contributed by atoms with E-state index in [0.29, 0.717) is 11.3 Å². The molecule has 0 saturated carbocycles. The fourth-order valence-electron chi connectivity index (χ4n) is 1.47. The minimum absolute atomic E-state index is 0.0854. The first kappa shape index (κ1) is 14.1. The minimum atomic E-state index is -0.457. The second-order valence-electron chi connectivity index (χ2n) is 3.89. The number of carbonyl (C=O) groups excluding carboxylic acids is 1. The molecule has 0 heterocycles. The van der Waals surface area contributed by atoms with E-state index in [9.17, 15) is 9.90 Å². The van der Waals surface area contributed by atoms with Crippen molar-refractivity contribution in [3.05, 3.63) is 58.6 Å². The summed E-state index contributed by atoms with van der Waals surface area (Å²) in [6.07, 6.45) is 1.37. The van der Waals surface area contributed by atoms with Crippen molar-refractivity contribution in [2.24, 2.45) is 5.10 Å². The minimum Gasteiger partial charge on any atom is -0.507 e. The van der Waals surface area contributed by atoms with E-state index in [4.69, 9.17) is 0 Å². The third kappa shape index (κ3) is 4.10. The average molecular weight is 334 g/mol. The van der Waals surface area contributed by atoms with Crippen LogP contribution in [0.1, 0.15) is 5.56 Å². The highest BCUT2D eigenvalue weighted by molar-refractivity contribution is 9.10. The molecule has 0 aliphatic heterocycles. The second-order valence-corrected chi connectivity index (χ2v) is 4.81. The van der Waals surface area contributed by atoms with Gasteiger partial charge < -0.3 is 10.4 Å². The molecule has 2 amide bonds. The van der Waals surface area contributed by atoms with Gasteiger partial charge in [0.1, 0.15) is 5.75 Å². The zero-order chi connectivity index (χ0) is 14.4. The number of rotatable bonds is 3. The Morgan fingerprint density at radius 1 is 1.20 bits per heavy atom. The molecular formula is C14H12BrN3O2. The summed E-state index contributed by atoms with van der Waals surface area (Å²) >= 11 is 3.29. The van der Waals surface area contributed by atoms with E-state index in [1.165, 1.54) is 12.3 Å². The number of aromatic hydroxyl groups is 1. The van der Waals surface area contributed by atoms with Crippen LogP contribution in [0.3, 0.4) is 0 Å². The van der Waals surface area contributed by atoms with E-state index in [0.717, 1.165) is 4.47 Å². The van der Waals surface area contributed by atoms with Crippen LogP contribution in [0.15, 0.2) is 58.1 Å². The van der Waals surface area contributed by atoms with E-state index in [1.807, 2.05) is 18.2 Å². The lowest BCUT2D eigenvalue weighted by molar-refractivity contribution is 0.252. The smallest absolute Gasteiger partial charge is 0.339 e. The number of phenols is 1.